The summed E-state index contributed by atoms with van der Waals surface area (Å²) in [5.41, 5.74) is 2.68. The number of urea groups is 1. The number of barbiturate groups is 1. The van der Waals surface area contributed by atoms with Gasteiger partial charge in [-0.25, -0.2) is 19.1 Å². The molecule has 0 saturated carbocycles. The number of H-pyrrole nitrogens is 1. The second kappa shape index (κ2) is 8.06. The van der Waals surface area contributed by atoms with Gasteiger partial charge in [-0.05, 0) is 78.9 Å². The molecule has 10 heteroatoms. The van der Waals surface area contributed by atoms with Gasteiger partial charge in [0.15, 0.2) is 10.2 Å². The van der Waals surface area contributed by atoms with Crippen molar-refractivity contribution in [3.8, 4) is 0 Å². The third-order valence-corrected chi connectivity index (χ3v) is 5.70. The van der Waals surface area contributed by atoms with Crippen LogP contribution in [0.1, 0.15) is 11.3 Å². The topological polar surface area (TPSA) is 108 Å². The van der Waals surface area contributed by atoms with Gasteiger partial charge in [-0.15, -0.1) is 0 Å². The van der Waals surface area contributed by atoms with Crippen LogP contribution in [0.4, 0.5) is 14.9 Å². The Balaban J connectivity index is 1.40. The lowest BCUT2D eigenvalue weighted by atomic mass is 10.1. The standard InChI is InChI=1S/C23H15FN4O4S/c1-12-2-8-17-18(10-12)26-22(25-17)33-19-9-7-15(32-19)11-16-20(29)27-23(31)28(21(16)30)14-5-3-13(24)4-6-14/h2-11H,1H3,(H,25,26)(H,27,29,31)/b16-11+. The average Bonchev–Trinajstić information content (AvgIpc) is 3.38. The molecule has 1 aliphatic rings. The first-order valence-corrected chi connectivity index (χ1v) is 10.6. The summed E-state index contributed by atoms with van der Waals surface area (Å²) in [5, 5.41) is 3.23. The fourth-order valence-corrected chi connectivity index (χ4v) is 4.10. The molecule has 4 amide bonds. The molecule has 164 valence electrons. The Bertz CT molecular complexity index is 1450. The van der Waals surface area contributed by atoms with E-state index in [1.807, 2.05) is 25.1 Å². The van der Waals surface area contributed by atoms with Gasteiger partial charge < -0.3 is 9.40 Å². The first kappa shape index (κ1) is 20.7. The molecule has 1 saturated heterocycles. The minimum absolute atomic E-state index is 0.133. The van der Waals surface area contributed by atoms with Crippen LogP contribution in [0.5, 0.6) is 0 Å². The molecule has 0 aliphatic carbocycles. The molecule has 3 heterocycles. The smallest absolute Gasteiger partial charge is 0.335 e. The van der Waals surface area contributed by atoms with E-state index < -0.39 is 23.7 Å². The number of amides is 4. The van der Waals surface area contributed by atoms with Crippen molar-refractivity contribution in [2.24, 2.45) is 0 Å². The van der Waals surface area contributed by atoms with Crippen LogP contribution in [-0.2, 0) is 9.59 Å². The molecule has 0 unspecified atom stereocenters. The van der Waals surface area contributed by atoms with Crippen molar-refractivity contribution in [2.75, 3.05) is 4.90 Å². The van der Waals surface area contributed by atoms with E-state index in [-0.39, 0.29) is 17.0 Å². The number of hydrogen-bond acceptors (Lipinski definition) is 6. The maximum Gasteiger partial charge on any atom is 0.335 e. The van der Waals surface area contributed by atoms with Crippen molar-refractivity contribution in [1.82, 2.24) is 15.3 Å². The van der Waals surface area contributed by atoms with E-state index in [9.17, 15) is 18.8 Å². The Morgan fingerprint density at radius 2 is 1.85 bits per heavy atom. The molecule has 0 bridgehead atoms. The van der Waals surface area contributed by atoms with Crippen molar-refractivity contribution < 1.29 is 23.2 Å². The average molecular weight is 462 g/mol. The number of rotatable bonds is 4. The number of aromatic amines is 1. The van der Waals surface area contributed by atoms with E-state index in [2.05, 4.69) is 15.3 Å². The van der Waals surface area contributed by atoms with Gasteiger partial charge in [0.2, 0.25) is 0 Å². The zero-order valence-corrected chi connectivity index (χ0v) is 17.9. The van der Waals surface area contributed by atoms with Gasteiger partial charge in [-0.1, -0.05) is 6.07 Å². The quantitative estimate of drug-likeness (QED) is 0.343. The molecular formula is C23H15FN4O4S. The second-order valence-electron chi connectivity index (χ2n) is 7.26. The SMILES string of the molecule is Cc1ccc2nc(Sc3ccc(/C=C4\C(=O)NC(=O)N(c5ccc(F)cc5)C4=O)o3)[nH]c2c1. The molecule has 4 aromatic rings. The van der Waals surface area contributed by atoms with Crippen LogP contribution in [0, 0.1) is 12.7 Å². The summed E-state index contributed by atoms with van der Waals surface area (Å²) < 4.78 is 19.0. The van der Waals surface area contributed by atoms with Gasteiger partial charge in [0, 0.05) is 0 Å². The van der Waals surface area contributed by atoms with Crippen molar-refractivity contribution in [2.45, 2.75) is 17.2 Å². The van der Waals surface area contributed by atoms with Crippen LogP contribution >= 0.6 is 11.8 Å². The minimum Gasteiger partial charge on any atom is -0.450 e. The number of fused-ring (bicyclic) bond motifs is 1. The molecule has 8 nitrogen and oxygen atoms in total. The molecule has 0 atom stereocenters. The number of carbonyl (C=O) groups excluding carboxylic acids is 3. The van der Waals surface area contributed by atoms with Crippen molar-refractivity contribution in [3.05, 3.63) is 77.3 Å². The molecule has 1 aliphatic heterocycles. The highest BCUT2D eigenvalue weighted by atomic mass is 32.2. The third-order valence-electron chi connectivity index (χ3n) is 4.89. The van der Waals surface area contributed by atoms with Gasteiger partial charge >= 0.3 is 6.03 Å². The number of aromatic nitrogens is 2. The summed E-state index contributed by atoms with van der Waals surface area (Å²) in [6.45, 7) is 1.99. The lowest BCUT2D eigenvalue weighted by Gasteiger charge is -2.26. The highest BCUT2D eigenvalue weighted by Crippen LogP contribution is 2.30. The molecule has 33 heavy (non-hydrogen) atoms. The summed E-state index contributed by atoms with van der Waals surface area (Å²) in [7, 11) is 0. The van der Waals surface area contributed by atoms with Crippen molar-refractivity contribution in [1.29, 1.82) is 0 Å². The number of hydrogen-bond donors (Lipinski definition) is 2. The zero-order chi connectivity index (χ0) is 23.1. The number of carbonyl (C=O) groups is 3. The Morgan fingerprint density at radius 1 is 1.06 bits per heavy atom. The second-order valence-corrected chi connectivity index (χ2v) is 8.25. The van der Waals surface area contributed by atoms with Crippen LogP contribution in [0.15, 0.2) is 74.8 Å². The molecule has 2 N–H and O–H groups in total. The van der Waals surface area contributed by atoms with Gasteiger partial charge in [0.25, 0.3) is 11.8 Å². The number of imide groups is 2. The highest BCUT2D eigenvalue weighted by molar-refractivity contribution is 7.99. The first-order valence-electron chi connectivity index (χ1n) is 9.78. The summed E-state index contributed by atoms with van der Waals surface area (Å²) >= 11 is 1.25. The predicted molar refractivity (Wildman–Crippen MR) is 119 cm³/mol. The number of anilines is 1. The molecule has 5 rings (SSSR count). The summed E-state index contributed by atoms with van der Waals surface area (Å²) in [5.74, 6) is -1.96. The van der Waals surface area contributed by atoms with E-state index in [1.54, 1.807) is 12.1 Å². The Hall–Kier alpha value is -4.18. The maximum atomic E-state index is 13.2. The summed E-state index contributed by atoms with van der Waals surface area (Å²) in [4.78, 5) is 45.9. The van der Waals surface area contributed by atoms with Crippen LogP contribution in [0.3, 0.4) is 0 Å². The van der Waals surface area contributed by atoms with Crippen LogP contribution in [0.2, 0.25) is 0 Å². The summed E-state index contributed by atoms with van der Waals surface area (Å²) in [6, 6.07) is 13.0. The molecular weight excluding hydrogens is 447 g/mol. The third kappa shape index (κ3) is 4.03. The Labute approximate surface area is 190 Å². The van der Waals surface area contributed by atoms with Gasteiger partial charge in [0.1, 0.15) is 17.2 Å². The Kier molecular flexibility index (Phi) is 5.06. The summed E-state index contributed by atoms with van der Waals surface area (Å²) in [6.07, 6.45) is 1.26. The maximum absolute atomic E-state index is 13.2. The van der Waals surface area contributed by atoms with Crippen LogP contribution in [0.25, 0.3) is 17.1 Å². The van der Waals surface area contributed by atoms with E-state index >= 15 is 0 Å². The number of benzene rings is 2. The number of imidazole rings is 1. The predicted octanol–water partition coefficient (Wildman–Crippen LogP) is 4.42. The lowest BCUT2D eigenvalue weighted by Crippen LogP contribution is -2.54. The molecule has 2 aromatic carbocycles. The molecule has 0 radical (unpaired) electrons. The van der Waals surface area contributed by atoms with E-state index in [1.165, 1.54) is 30.0 Å². The number of nitrogens with zero attached hydrogens (tertiary/aromatic N) is 2. The zero-order valence-electron chi connectivity index (χ0n) is 17.1. The van der Waals surface area contributed by atoms with Gasteiger partial charge in [0.05, 0.1) is 16.7 Å². The normalized spacial score (nSPS) is 15.5. The number of aryl methyl sites for hydroxylation is 1. The van der Waals surface area contributed by atoms with Gasteiger partial charge in [-0.3, -0.25) is 14.9 Å². The van der Waals surface area contributed by atoms with Crippen LogP contribution < -0.4 is 10.2 Å². The fraction of sp³-hybridized carbons (Fsp3) is 0.0435. The Morgan fingerprint density at radius 3 is 2.64 bits per heavy atom. The number of halogens is 1. The van der Waals surface area contributed by atoms with Crippen molar-refractivity contribution in [3.63, 3.8) is 0 Å². The monoisotopic (exact) mass is 462 g/mol. The molecule has 1 fully saturated rings. The largest absolute Gasteiger partial charge is 0.450 e. The van der Waals surface area contributed by atoms with Gasteiger partial charge in [-0.2, -0.15) is 0 Å². The molecule has 2 aromatic heterocycles. The van der Waals surface area contributed by atoms with E-state index in [0.29, 0.717) is 10.2 Å². The minimum atomic E-state index is -0.912. The van der Waals surface area contributed by atoms with E-state index in [4.69, 9.17) is 4.42 Å². The van der Waals surface area contributed by atoms with Crippen molar-refractivity contribution >= 4 is 52.4 Å². The molecule has 0 spiro atoms. The van der Waals surface area contributed by atoms with E-state index in [0.717, 1.165) is 33.6 Å². The number of nitrogens with one attached hydrogen (secondary N) is 2. The van der Waals surface area contributed by atoms with Crippen LogP contribution in [-0.4, -0.2) is 27.8 Å². The number of furan rings is 1. The fourth-order valence-electron chi connectivity index (χ4n) is 3.33. The first-order chi connectivity index (χ1) is 15.9. The lowest BCUT2D eigenvalue weighted by molar-refractivity contribution is -0.122. The highest BCUT2D eigenvalue weighted by Gasteiger charge is 2.37.